The molecule has 0 unspecified atom stereocenters. The predicted molar refractivity (Wildman–Crippen MR) is 195 cm³/mol. The first kappa shape index (κ1) is 34.2. The van der Waals surface area contributed by atoms with E-state index in [9.17, 15) is 14.7 Å². The Labute approximate surface area is 294 Å². The number of carboxylic acids is 1. The topological polar surface area (TPSA) is 63.6 Å². The summed E-state index contributed by atoms with van der Waals surface area (Å²) in [5, 5.41) is 9.39. The highest BCUT2D eigenvalue weighted by atomic mass is 16.5. The lowest BCUT2D eigenvalue weighted by Gasteiger charge is -2.62. The Bertz CT molecular complexity index is 1510. The minimum absolute atomic E-state index is 0.0249. The van der Waals surface area contributed by atoms with Crippen molar-refractivity contribution in [3.8, 4) is 0 Å². The van der Waals surface area contributed by atoms with Crippen LogP contribution >= 0.6 is 0 Å². The van der Waals surface area contributed by atoms with E-state index in [0.717, 1.165) is 74.5 Å². The summed E-state index contributed by atoms with van der Waals surface area (Å²) in [6, 6.07) is 32.1. The normalized spacial score (nSPS) is 34.8. The molecule has 3 aromatic rings. The van der Waals surface area contributed by atoms with Gasteiger partial charge in [-0.1, -0.05) is 119 Å². The summed E-state index contributed by atoms with van der Waals surface area (Å²) in [5.41, 5.74) is 2.88. The second kappa shape index (κ2) is 13.5. The Morgan fingerprint density at radius 1 is 0.796 bits per heavy atom. The molecule has 0 saturated heterocycles. The number of hydrogen-bond acceptors (Lipinski definition) is 3. The molecule has 4 saturated carbocycles. The highest BCUT2D eigenvalue weighted by Gasteiger charge is 2.65. The summed E-state index contributed by atoms with van der Waals surface area (Å²) in [5.74, 6) is 2.04. The molecule has 4 aliphatic carbocycles. The van der Waals surface area contributed by atoms with E-state index in [1.807, 2.05) is 0 Å². The zero-order valence-corrected chi connectivity index (χ0v) is 30.0. The SMILES string of the molecule is CC[C@H]1C(=O)[C@@H]2[C@H](CC[C@]3(C)[C@@H]([C@H](C)CCC(=O)O)CC[C@@H]23)[C@@]2(C)CC[C@@H](OC(c3ccccc3)(c3ccccc3)c3ccccc3)C[C@@H]12. The van der Waals surface area contributed by atoms with E-state index >= 15 is 0 Å². The standard InChI is InChI=1S/C45H56O4/c1-5-35-39-29-34(49-45(31-15-9-6-10-16-31,32-17-11-7-12-18-32)33-19-13-8-14-20-33)25-27-44(39,4)38-26-28-43(3)36(30(2)21-24-40(46)47)22-23-37(43)41(38)42(35)48/h6-20,30,34-39,41H,5,21-29H2,1-4H3,(H,46,47)/t30-,34-,35-,36-,37+,38+,39+,41+,43-,44-/m1/s1. The summed E-state index contributed by atoms with van der Waals surface area (Å²) in [4.78, 5) is 26.3. The molecule has 7 rings (SSSR count). The summed E-state index contributed by atoms with van der Waals surface area (Å²) in [6.07, 6.45) is 9.40. The summed E-state index contributed by atoms with van der Waals surface area (Å²) in [6.45, 7) is 9.52. The maximum absolute atomic E-state index is 14.9. The van der Waals surface area contributed by atoms with Gasteiger partial charge in [0.25, 0.3) is 0 Å². The number of ketones is 1. The maximum atomic E-state index is 14.9. The lowest BCUT2D eigenvalue weighted by Crippen LogP contribution is -2.61. The minimum atomic E-state index is -0.756. The van der Waals surface area contributed by atoms with Crippen molar-refractivity contribution in [2.24, 2.45) is 52.3 Å². The first-order valence-electron chi connectivity index (χ1n) is 19.2. The Morgan fingerprint density at radius 3 is 1.86 bits per heavy atom. The van der Waals surface area contributed by atoms with Gasteiger partial charge in [0.1, 0.15) is 11.4 Å². The average Bonchev–Trinajstić information content (AvgIpc) is 3.48. The summed E-state index contributed by atoms with van der Waals surface area (Å²) in [7, 11) is 0. The van der Waals surface area contributed by atoms with E-state index in [0.29, 0.717) is 35.4 Å². The molecule has 260 valence electrons. The van der Waals surface area contributed by atoms with E-state index in [2.05, 4.69) is 119 Å². The molecule has 0 bridgehead atoms. The molecule has 0 radical (unpaired) electrons. The van der Waals surface area contributed by atoms with Crippen LogP contribution in [0.15, 0.2) is 91.0 Å². The molecular formula is C45H56O4. The Kier molecular flexibility index (Phi) is 9.41. The van der Waals surface area contributed by atoms with E-state index in [-0.39, 0.29) is 35.2 Å². The van der Waals surface area contributed by atoms with Gasteiger partial charge in [0, 0.05) is 18.3 Å². The molecule has 0 spiro atoms. The lowest BCUT2D eigenvalue weighted by atomic mass is 9.42. The highest BCUT2D eigenvalue weighted by Crippen LogP contribution is 2.69. The number of Topliss-reactive ketones (excluding diaryl/α,β-unsaturated/α-hetero) is 1. The van der Waals surface area contributed by atoms with Crippen molar-refractivity contribution in [1.82, 2.24) is 0 Å². The third-order valence-corrected chi connectivity index (χ3v) is 14.6. The number of aliphatic carboxylic acids is 1. The van der Waals surface area contributed by atoms with Crippen molar-refractivity contribution >= 4 is 11.8 Å². The molecule has 0 heterocycles. The molecule has 49 heavy (non-hydrogen) atoms. The fourth-order valence-corrected chi connectivity index (χ4v) is 12.2. The van der Waals surface area contributed by atoms with E-state index in [1.54, 1.807) is 0 Å². The van der Waals surface area contributed by atoms with Gasteiger partial charge in [-0.2, -0.15) is 0 Å². The highest BCUT2D eigenvalue weighted by molar-refractivity contribution is 5.86. The molecule has 1 N–H and O–H groups in total. The number of fused-ring (bicyclic) bond motifs is 5. The maximum Gasteiger partial charge on any atom is 0.303 e. The summed E-state index contributed by atoms with van der Waals surface area (Å²) >= 11 is 0. The predicted octanol–water partition coefficient (Wildman–Crippen LogP) is 10.3. The molecule has 4 nitrogen and oxygen atoms in total. The number of hydrogen-bond donors (Lipinski definition) is 1. The molecule has 3 aromatic carbocycles. The van der Waals surface area contributed by atoms with Gasteiger partial charge in [-0.05, 0) is 115 Å². The van der Waals surface area contributed by atoms with Crippen LogP contribution in [0.3, 0.4) is 0 Å². The van der Waals surface area contributed by atoms with Crippen LogP contribution in [0.5, 0.6) is 0 Å². The minimum Gasteiger partial charge on any atom is -0.481 e. The number of ether oxygens (including phenoxy) is 1. The van der Waals surface area contributed by atoms with Crippen molar-refractivity contribution in [3.63, 3.8) is 0 Å². The molecule has 10 atom stereocenters. The summed E-state index contributed by atoms with van der Waals surface area (Å²) < 4.78 is 7.61. The second-order valence-corrected chi connectivity index (χ2v) is 16.7. The zero-order chi connectivity index (χ0) is 34.4. The average molecular weight is 661 g/mol. The van der Waals surface area contributed by atoms with E-state index < -0.39 is 11.6 Å². The Balaban J connectivity index is 1.20. The second-order valence-electron chi connectivity index (χ2n) is 16.7. The van der Waals surface area contributed by atoms with Crippen LogP contribution in [0.25, 0.3) is 0 Å². The van der Waals surface area contributed by atoms with Crippen LogP contribution in [-0.2, 0) is 19.9 Å². The molecule has 4 aliphatic rings. The van der Waals surface area contributed by atoms with Crippen LogP contribution < -0.4 is 0 Å². The quantitative estimate of drug-likeness (QED) is 0.220. The third-order valence-electron chi connectivity index (χ3n) is 14.6. The fourth-order valence-electron chi connectivity index (χ4n) is 12.2. The zero-order valence-electron chi connectivity index (χ0n) is 30.0. The van der Waals surface area contributed by atoms with Gasteiger partial charge in [0.05, 0.1) is 6.10 Å². The van der Waals surface area contributed by atoms with Crippen LogP contribution in [0.4, 0.5) is 0 Å². The first-order valence-corrected chi connectivity index (χ1v) is 19.2. The van der Waals surface area contributed by atoms with Crippen LogP contribution in [0.1, 0.15) is 109 Å². The monoisotopic (exact) mass is 660 g/mol. The van der Waals surface area contributed by atoms with Gasteiger partial charge >= 0.3 is 5.97 Å². The molecular weight excluding hydrogens is 604 g/mol. The van der Waals surface area contributed by atoms with Crippen LogP contribution in [-0.4, -0.2) is 23.0 Å². The number of benzene rings is 3. The van der Waals surface area contributed by atoms with Crippen molar-refractivity contribution in [2.75, 3.05) is 0 Å². The van der Waals surface area contributed by atoms with Crippen molar-refractivity contribution in [2.45, 2.75) is 104 Å². The molecule has 4 heteroatoms. The molecule has 4 fully saturated rings. The lowest BCUT2D eigenvalue weighted by molar-refractivity contribution is -0.181. The Hall–Kier alpha value is -3.24. The van der Waals surface area contributed by atoms with Gasteiger partial charge < -0.3 is 9.84 Å². The van der Waals surface area contributed by atoms with Crippen molar-refractivity contribution in [3.05, 3.63) is 108 Å². The first-order chi connectivity index (χ1) is 23.6. The fraction of sp³-hybridized carbons (Fsp3) is 0.556. The van der Waals surface area contributed by atoms with E-state index in [4.69, 9.17) is 4.74 Å². The van der Waals surface area contributed by atoms with Gasteiger partial charge in [-0.15, -0.1) is 0 Å². The van der Waals surface area contributed by atoms with Gasteiger partial charge in [-0.25, -0.2) is 0 Å². The van der Waals surface area contributed by atoms with Gasteiger partial charge in [-0.3, -0.25) is 9.59 Å². The number of carbonyl (C=O) groups is 2. The van der Waals surface area contributed by atoms with Crippen molar-refractivity contribution < 1.29 is 19.4 Å². The van der Waals surface area contributed by atoms with E-state index in [1.165, 1.54) is 0 Å². The molecule has 0 aliphatic heterocycles. The number of rotatable bonds is 10. The van der Waals surface area contributed by atoms with Crippen molar-refractivity contribution in [1.29, 1.82) is 0 Å². The van der Waals surface area contributed by atoms with Gasteiger partial charge in [0.2, 0.25) is 0 Å². The molecule has 0 amide bonds. The van der Waals surface area contributed by atoms with Crippen LogP contribution in [0.2, 0.25) is 0 Å². The van der Waals surface area contributed by atoms with Gasteiger partial charge in [0.15, 0.2) is 0 Å². The van der Waals surface area contributed by atoms with Crippen LogP contribution in [0, 0.1) is 52.3 Å². The largest absolute Gasteiger partial charge is 0.481 e. The number of carboxylic acid groups (broad SMARTS) is 1. The third kappa shape index (κ3) is 5.71. The smallest absolute Gasteiger partial charge is 0.303 e. The number of carbonyl (C=O) groups excluding carboxylic acids is 1. The molecule has 0 aromatic heterocycles. The Morgan fingerprint density at radius 2 is 1.33 bits per heavy atom.